The van der Waals surface area contributed by atoms with Crippen LogP contribution in [0.1, 0.15) is 31.7 Å². The van der Waals surface area contributed by atoms with Crippen LogP contribution >= 0.6 is 11.8 Å². The van der Waals surface area contributed by atoms with Crippen LogP contribution in [0, 0.1) is 0 Å². The van der Waals surface area contributed by atoms with Crippen molar-refractivity contribution in [2.45, 2.75) is 32.1 Å². The van der Waals surface area contributed by atoms with E-state index in [1.165, 1.54) is 23.2 Å². The Balaban J connectivity index is 1.57. The number of nitrogens with zero attached hydrogens (tertiary/aromatic N) is 1. The molecule has 1 atom stereocenters. The van der Waals surface area contributed by atoms with Crippen molar-refractivity contribution in [2.75, 3.05) is 10.6 Å². The van der Waals surface area contributed by atoms with Gasteiger partial charge in [0.15, 0.2) is 0 Å². The lowest BCUT2D eigenvalue weighted by Crippen LogP contribution is -2.17. The topological polar surface area (TPSA) is 81.8 Å². The lowest BCUT2D eigenvalue weighted by atomic mass is 10.1. The number of aryl methyl sites for hydroxylation is 1. The summed E-state index contributed by atoms with van der Waals surface area (Å²) in [4.78, 5) is 20.6. The minimum atomic E-state index is -0.0834. The standard InChI is InChI=1S/C17H19N5OS/c1-9(23)18-11-4-3-5-12(8-11)20-17-21-13-6-7-14-16(15(13)22-17)24-10(2)19-14/h3-5,8,10,19H,6-7H2,1-2H3,(H,18,23)(H2,20,21,22). The second kappa shape index (κ2) is 5.90. The minimum absolute atomic E-state index is 0.0834. The molecule has 0 saturated carbocycles. The first-order valence-corrected chi connectivity index (χ1v) is 8.87. The molecule has 4 N–H and O–H groups in total. The maximum Gasteiger partial charge on any atom is 0.221 e. The van der Waals surface area contributed by atoms with Crippen LogP contribution in [0.4, 0.5) is 17.3 Å². The SMILES string of the molecule is CC(=O)Nc1cccc(Nc2nc3c([nH]2)CCC2=C3SC(C)N2)c1. The summed E-state index contributed by atoms with van der Waals surface area (Å²) in [6, 6.07) is 7.60. The van der Waals surface area contributed by atoms with Gasteiger partial charge in [-0.15, -0.1) is 0 Å². The number of anilines is 3. The van der Waals surface area contributed by atoms with Gasteiger partial charge in [-0.2, -0.15) is 0 Å². The number of nitrogens with one attached hydrogen (secondary N) is 4. The van der Waals surface area contributed by atoms with E-state index in [1.807, 2.05) is 36.0 Å². The fourth-order valence-electron chi connectivity index (χ4n) is 3.07. The van der Waals surface area contributed by atoms with Crippen molar-refractivity contribution >= 4 is 39.9 Å². The molecule has 0 bridgehead atoms. The highest BCUT2D eigenvalue weighted by atomic mass is 32.2. The highest BCUT2D eigenvalue weighted by molar-refractivity contribution is 8.09. The highest BCUT2D eigenvalue weighted by Crippen LogP contribution is 2.43. The predicted octanol–water partition coefficient (Wildman–Crippen LogP) is 3.41. The average molecular weight is 341 g/mol. The number of allylic oxidation sites excluding steroid dienone is 1. The Bertz CT molecular complexity index is 841. The molecule has 1 aromatic heterocycles. The molecule has 0 saturated heterocycles. The van der Waals surface area contributed by atoms with Gasteiger partial charge in [0.1, 0.15) is 5.69 Å². The molecule has 4 rings (SSSR count). The van der Waals surface area contributed by atoms with E-state index in [1.54, 1.807) is 0 Å². The third-order valence-corrected chi connectivity index (χ3v) is 5.16. The first-order valence-electron chi connectivity index (χ1n) is 7.99. The first kappa shape index (κ1) is 15.1. The third-order valence-electron chi connectivity index (χ3n) is 4.01. The fourth-order valence-corrected chi connectivity index (χ4v) is 4.21. The second-order valence-corrected chi connectivity index (χ2v) is 7.36. The summed E-state index contributed by atoms with van der Waals surface area (Å²) < 4.78 is 0. The molecule has 2 heterocycles. The van der Waals surface area contributed by atoms with Crippen LogP contribution in [0.2, 0.25) is 0 Å². The molecule has 0 fully saturated rings. The summed E-state index contributed by atoms with van der Waals surface area (Å²) >= 11 is 1.83. The molecule has 124 valence electrons. The lowest BCUT2D eigenvalue weighted by molar-refractivity contribution is -0.114. The van der Waals surface area contributed by atoms with Crippen molar-refractivity contribution in [1.29, 1.82) is 0 Å². The van der Waals surface area contributed by atoms with E-state index in [-0.39, 0.29) is 5.91 Å². The van der Waals surface area contributed by atoms with Gasteiger partial charge < -0.3 is 20.9 Å². The molecule has 1 aromatic carbocycles. The number of fused-ring (bicyclic) bond motifs is 2. The summed E-state index contributed by atoms with van der Waals surface area (Å²) in [5.74, 6) is 0.647. The largest absolute Gasteiger partial charge is 0.376 e. The molecular formula is C17H19N5OS. The zero-order chi connectivity index (χ0) is 16.7. The maximum absolute atomic E-state index is 11.2. The van der Waals surface area contributed by atoms with Crippen molar-refractivity contribution in [1.82, 2.24) is 15.3 Å². The van der Waals surface area contributed by atoms with Crippen LogP contribution < -0.4 is 16.0 Å². The van der Waals surface area contributed by atoms with Gasteiger partial charge in [0.2, 0.25) is 11.9 Å². The maximum atomic E-state index is 11.2. The van der Waals surface area contributed by atoms with Crippen LogP contribution in [0.3, 0.4) is 0 Å². The van der Waals surface area contributed by atoms with Gasteiger partial charge >= 0.3 is 0 Å². The predicted molar refractivity (Wildman–Crippen MR) is 98.0 cm³/mol. The van der Waals surface area contributed by atoms with Crippen molar-refractivity contribution in [3.05, 3.63) is 41.4 Å². The van der Waals surface area contributed by atoms with E-state index in [4.69, 9.17) is 4.98 Å². The number of carbonyl (C=O) groups excluding carboxylic acids is 1. The quantitative estimate of drug-likeness (QED) is 0.688. The number of aromatic nitrogens is 2. The number of imidazole rings is 1. The Hall–Kier alpha value is -2.41. The Kier molecular flexibility index (Phi) is 3.72. The van der Waals surface area contributed by atoms with E-state index < -0.39 is 0 Å². The Morgan fingerprint density at radius 1 is 1.33 bits per heavy atom. The molecule has 7 heteroatoms. The smallest absolute Gasteiger partial charge is 0.221 e. The van der Waals surface area contributed by atoms with Crippen molar-refractivity contribution in [2.24, 2.45) is 0 Å². The Morgan fingerprint density at radius 3 is 3.00 bits per heavy atom. The van der Waals surface area contributed by atoms with E-state index in [0.29, 0.717) is 5.37 Å². The molecule has 1 amide bonds. The van der Waals surface area contributed by atoms with Crippen LogP contribution in [-0.4, -0.2) is 21.2 Å². The number of hydrogen-bond donors (Lipinski definition) is 4. The van der Waals surface area contributed by atoms with Crippen molar-refractivity contribution in [3.63, 3.8) is 0 Å². The fraction of sp³-hybridized carbons (Fsp3) is 0.294. The summed E-state index contributed by atoms with van der Waals surface area (Å²) in [5, 5.41) is 10.00. The molecule has 2 aliphatic rings. The van der Waals surface area contributed by atoms with Crippen LogP contribution in [0.15, 0.2) is 30.0 Å². The number of rotatable bonds is 3. The lowest BCUT2D eigenvalue weighted by Gasteiger charge is -2.11. The third kappa shape index (κ3) is 2.87. The van der Waals surface area contributed by atoms with E-state index >= 15 is 0 Å². The summed E-state index contributed by atoms with van der Waals surface area (Å²) in [5.41, 5.74) is 5.19. The van der Waals surface area contributed by atoms with Gasteiger partial charge in [-0.25, -0.2) is 4.98 Å². The zero-order valence-corrected chi connectivity index (χ0v) is 14.4. The number of thioether (sulfide) groups is 1. The van der Waals surface area contributed by atoms with Gasteiger partial charge in [-0.05, 0) is 38.0 Å². The van der Waals surface area contributed by atoms with Gasteiger partial charge in [0, 0.05) is 29.7 Å². The molecule has 24 heavy (non-hydrogen) atoms. The number of carbonyl (C=O) groups is 1. The number of hydrogen-bond acceptors (Lipinski definition) is 5. The van der Waals surface area contributed by atoms with Gasteiger partial charge in [0.05, 0.1) is 10.3 Å². The molecule has 6 nitrogen and oxygen atoms in total. The molecule has 1 unspecified atom stereocenters. The second-order valence-electron chi connectivity index (χ2n) is 6.01. The highest BCUT2D eigenvalue weighted by Gasteiger charge is 2.29. The van der Waals surface area contributed by atoms with E-state index in [0.717, 1.165) is 35.9 Å². The molecule has 2 aromatic rings. The van der Waals surface area contributed by atoms with Gasteiger partial charge in [-0.1, -0.05) is 17.8 Å². The van der Waals surface area contributed by atoms with E-state index in [9.17, 15) is 4.79 Å². The summed E-state index contributed by atoms with van der Waals surface area (Å²) in [6.45, 7) is 3.67. The number of amides is 1. The monoisotopic (exact) mass is 341 g/mol. The minimum Gasteiger partial charge on any atom is -0.376 e. The average Bonchev–Trinajstić information content (AvgIpc) is 3.08. The summed E-state index contributed by atoms with van der Waals surface area (Å²) in [7, 11) is 0. The van der Waals surface area contributed by atoms with Gasteiger partial charge in [0.25, 0.3) is 0 Å². The zero-order valence-electron chi connectivity index (χ0n) is 13.6. The van der Waals surface area contributed by atoms with E-state index in [2.05, 4.69) is 27.9 Å². The normalized spacial score (nSPS) is 18.7. The Labute approximate surface area is 144 Å². The number of H-pyrrole nitrogens is 1. The number of aromatic amines is 1. The molecular weight excluding hydrogens is 322 g/mol. The summed E-state index contributed by atoms with van der Waals surface area (Å²) in [6.07, 6.45) is 1.99. The van der Waals surface area contributed by atoms with Crippen molar-refractivity contribution < 1.29 is 4.79 Å². The van der Waals surface area contributed by atoms with Gasteiger partial charge in [-0.3, -0.25) is 4.79 Å². The molecule has 0 radical (unpaired) electrons. The Morgan fingerprint density at radius 2 is 2.17 bits per heavy atom. The van der Waals surface area contributed by atoms with Crippen LogP contribution in [-0.2, 0) is 11.2 Å². The van der Waals surface area contributed by atoms with Crippen molar-refractivity contribution in [3.8, 4) is 0 Å². The molecule has 1 aliphatic heterocycles. The molecule has 1 aliphatic carbocycles. The van der Waals surface area contributed by atoms with Crippen LogP contribution in [0.5, 0.6) is 0 Å². The first-order chi connectivity index (χ1) is 11.6. The number of benzene rings is 1. The van der Waals surface area contributed by atoms with Crippen LogP contribution in [0.25, 0.3) is 4.91 Å². The molecule has 0 spiro atoms.